The van der Waals surface area contributed by atoms with Crippen molar-refractivity contribution in [1.82, 2.24) is 5.32 Å². The molecule has 2 nitrogen and oxygen atoms in total. The Balaban J connectivity index is 2.58. The summed E-state index contributed by atoms with van der Waals surface area (Å²) < 4.78 is 0. The van der Waals surface area contributed by atoms with E-state index in [0.717, 1.165) is 17.5 Å². The number of halogens is 1. The molecule has 0 saturated carbocycles. The third-order valence-corrected chi connectivity index (χ3v) is 3.29. The smallest absolute Gasteiger partial charge is 0.251 e. The van der Waals surface area contributed by atoms with Crippen molar-refractivity contribution in [2.45, 2.75) is 25.1 Å². The van der Waals surface area contributed by atoms with Gasteiger partial charge in [0.25, 0.3) is 5.91 Å². The van der Waals surface area contributed by atoms with Gasteiger partial charge in [0.1, 0.15) is 0 Å². The molecule has 3 heteroatoms. The molecule has 1 aromatic carbocycles. The predicted molar refractivity (Wildman–Crippen MR) is 66.5 cm³/mol. The van der Waals surface area contributed by atoms with Gasteiger partial charge in [-0.3, -0.25) is 4.79 Å². The number of nitrogens with one attached hydrogen (secondary N) is 1. The number of rotatable bonds is 4. The summed E-state index contributed by atoms with van der Waals surface area (Å²) in [6.45, 7) is 4.70. The van der Waals surface area contributed by atoms with E-state index >= 15 is 0 Å². The minimum atomic E-state index is 0.00556. The molecular weight excluding hydrogens is 254 g/mol. The van der Waals surface area contributed by atoms with Crippen LogP contribution >= 0.6 is 15.9 Å². The standard InChI is InChI=1S/C12H16BrNO/c1-3-10(13)8-14-12(15)11-7-5-4-6-9(11)2/h4-7,10H,3,8H2,1-2H3,(H,14,15). The van der Waals surface area contributed by atoms with Crippen LogP contribution in [0.15, 0.2) is 24.3 Å². The maximum Gasteiger partial charge on any atom is 0.251 e. The highest BCUT2D eigenvalue weighted by Crippen LogP contribution is 2.07. The van der Waals surface area contributed by atoms with Crippen LogP contribution in [-0.4, -0.2) is 17.3 Å². The molecule has 1 unspecified atom stereocenters. The van der Waals surface area contributed by atoms with Gasteiger partial charge in [0.05, 0.1) is 0 Å². The lowest BCUT2D eigenvalue weighted by molar-refractivity contribution is 0.0953. The first-order chi connectivity index (χ1) is 7.15. The summed E-state index contributed by atoms with van der Waals surface area (Å²) in [7, 11) is 0. The van der Waals surface area contributed by atoms with Gasteiger partial charge in [-0.1, -0.05) is 41.1 Å². The van der Waals surface area contributed by atoms with Crippen LogP contribution in [0.3, 0.4) is 0 Å². The minimum absolute atomic E-state index is 0.00556. The van der Waals surface area contributed by atoms with Gasteiger partial charge in [-0.05, 0) is 25.0 Å². The Morgan fingerprint density at radius 3 is 2.73 bits per heavy atom. The maximum atomic E-state index is 11.8. The van der Waals surface area contributed by atoms with Crippen LogP contribution < -0.4 is 5.32 Å². The van der Waals surface area contributed by atoms with Crippen molar-refractivity contribution in [3.8, 4) is 0 Å². The van der Waals surface area contributed by atoms with Crippen LogP contribution in [0.2, 0.25) is 0 Å². The number of carbonyl (C=O) groups is 1. The van der Waals surface area contributed by atoms with Gasteiger partial charge in [0.15, 0.2) is 0 Å². The van der Waals surface area contributed by atoms with Gasteiger partial charge in [-0.25, -0.2) is 0 Å². The SMILES string of the molecule is CCC(Br)CNC(=O)c1ccccc1C. The summed E-state index contributed by atoms with van der Waals surface area (Å²) >= 11 is 3.48. The van der Waals surface area contributed by atoms with Crippen molar-refractivity contribution in [1.29, 1.82) is 0 Å². The molecule has 1 rings (SSSR count). The van der Waals surface area contributed by atoms with E-state index in [1.807, 2.05) is 31.2 Å². The topological polar surface area (TPSA) is 29.1 Å². The highest BCUT2D eigenvalue weighted by atomic mass is 79.9. The second-order valence-corrected chi connectivity index (χ2v) is 4.83. The molecule has 0 radical (unpaired) electrons. The van der Waals surface area contributed by atoms with E-state index in [0.29, 0.717) is 11.4 Å². The number of aryl methyl sites for hydroxylation is 1. The maximum absolute atomic E-state index is 11.8. The molecular formula is C12H16BrNO. The molecule has 0 aliphatic rings. The Labute approximate surface area is 99.2 Å². The molecule has 1 N–H and O–H groups in total. The molecule has 0 saturated heterocycles. The summed E-state index contributed by atoms with van der Waals surface area (Å²) in [5.41, 5.74) is 1.77. The normalized spacial score (nSPS) is 12.2. The fraction of sp³-hybridized carbons (Fsp3) is 0.417. The van der Waals surface area contributed by atoms with E-state index in [4.69, 9.17) is 0 Å². The molecule has 1 aromatic rings. The fourth-order valence-electron chi connectivity index (χ4n) is 1.27. The van der Waals surface area contributed by atoms with Gasteiger partial charge < -0.3 is 5.32 Å². The van der Waals surface area contributed by atoms with Gasteiger partial charge >= 0.3 is 0 Å². The predicted octanol–water partition coefficient (Wildman–Crippen LogP) is 2.90. The molecule has 82 valence electrons. The zero-order chi connectivity index (χ0) is 11.3. The lowest BCUT2D eigenvalue weighted by atomic mass is 10.1. The average Bonchev–Trinajstić information content (AvgIpc) is 2.26. The highest BCUT2D eigenvalue weighted by molar-refractivity contribution is 9.09. The zero-order valence-electron chi connectivity index (χ0n) is 9.09. The summed E-state index contributed by atoms with van der Waals surface area (Å²) in [5.74, 6) is 0.00556. The Kier molecular flexibility index (Phi) is 4.82. The monoisotopic (exact) mass is 269 g/mol. The van der Waals surface area contributed by atoms with Gasteiger partial charge in [0.2, 0.25) is 0 Å². The first-order valence-electron chi connectivity index (χ1n) is 5.13. The van der Waals surface area contributed by atoms with Crippen molar-refractivity contribution in [2.75, 3.05) is 6.54 Å². The lowest BCUT2D eigenvalue weighted by Gasteiger charge is -2.10. The Hall–Kier alpha value is -0.830. The van der Waals surface area contributed by atoms with Gasteiger partial charge in [-0.15, -0.1) is 0 Å². The molecule has 15 heavy (non-hydrogen) atoms. The molecule has 0 aromatic heterocycles. The summed E-state index contributed by atoms with van der Waals surface area (Å²) in [4.78, 5) is 12.1. The van der Waals surface area contributed by atoms with Crippen LogP contribution in [0, 0.1) is 6.92 Å². The largest absolute Gasteiger partial charge is 0.351 e. The Bertz CT molecular complexity index is 338. The van der Waals surface area contributed by atoms with E-state index in [2.05, 4.69) is 28.2 Å². The van der Waals surface area contributed by atoms with E-state index in [1.54, 1.807) is 0 Å². The lowest BCUT2D eigenvalue weighted by Crippen LogP contribution is -2.29. The number of carbonyl (C=O) groups excluding carboxylic acids is 1. The van der Waals surface area contributed by atoms with Crippen molar-refractivity contribution < 1.29 is 4.79 Å². The van der Waals surface area contributed by atoms with E-state index < -0.39 is 0 Å². The highest BCUT2D eigenvalue weighted by Gasteiger charge is 2.08. The molecule has 0 aliphatic carbocycles. The Morgan fingerprint density at radius 2 is 2.13 bits per heavy atom. The first-order valence-corrected chi connectivity index (χ1v) is 6.04. The third-order valence-electron chi connectivity index (χ3n) is 2.32. The van der Waals surface area contributed by atoms with Crippen LogP contribution in [0.4, 0.5) is 0 Å². The third kappa shape index (κ3) is 3.67. The van der Waals surface area contributed by atoms with E-state index in [-0.39, 0.29) is 5.91 Å². The zero-order valence-corrected chi connectivity index (χ0v) is 10.7. The fourth-order valence-corrected chi connectivity index (χ4v) is 1.43. The summed E-state index contributed by atoms with van der Waals surface area (Å²) in [6, 6.07) is 7.61. The first kappa shape index (κ1) is 12.2. The number of benzene rings is 1. The summed E-state index contributed by atoms with van der Waals surface area (Å²) in [5, 5.41) is 2.90. The van der Waals surface area contributed by atoms with Crippen LogP contribution in [0.1, 0.15) is 29.3 Å². The Morgan fingerprint density at radius 1 is 1.47 bits per heavy atom. The molecule has 0 fully saturated rings. The van der Waals surface area contributed by atoms with E-state index in [1.165, 1.54) is 0 Å². The van der Waals surface area contributed by atoms with Gasteiger partial charge in [-0.2, -0.15) is 0 Å². The van der Waals surface area contributed by atoms with Crippen LogP contribution in [0.25, 0.3) is 0 Å². The van der Waals surface area contributed by atoms with E-state index in [9.17, 15) is 4.79 Å². The molecule has 1 amide bonds. The molecule has 0 spiro atoms. The van der Waals surface area contributed by atoms with Crippen molar-refractivity contribution in [3.05, 3.63) is 35.4 Å². The minimum Gasteiger partial charge on any atom is -0.351 e. The number of amides is 1. The van der Waals surface area contributed by atoms with Crippen molar-refractivity contribution >= 4 is 21.8 Å². The molecule has 0 aliphatic heterocycles. The number of hydrogen-bond acceptors (Lipinski definition) is 1. The number of hydrogen-bond donors (Lipinski definition) is 1. The molecule has 1 atom stereocenters. The quantitative estimate of drug-likeness (QED) is 0.837. The van der Waals surface area contributed by atoms with Crippen LogP contribution in [-0.2, 0) is 0 Å². The molecule has 0 heterocycles. The molecule has 0 bridgehead atoms. The van der Waals surface area contributed by atoms with Crippen LogP contribution in [0.5, 0.6) is 0 Å². The second-order valence-electron chi connectivity index (χ2n) is 3.53. The summed E-state index contributed by atoms with van der Waals surface area (Å²) in [6.07, 6.45) is 1.01. The van der Waals surface area contributed by atoms with Gasteiger partial charge in [0, 0.05) is 16.9 Å². The average molecular weight is 270 g/mol. The van der Waals surface area contributed by atoms with Crippen molar-refractivity contribution in [2.24, 2.45) is 0 Å². The number of alkyl halides is 1. The van der Waals surface area contributed by atoms with Crippen molar-refractivity contribution in [3.63, 3.8) is 0 Å². The second kappa shape index (κ2) is 5.91.